The molecule has 2 aromatic heterocycles. The number of nitrogens with zero attached hydrogens (tertiary/aromatic N) is 2. The van der Waals surface area contributed by atoms with E-state index in [1.807, 2.05) is 16.2 Å². The molecule has 0 saturated carbocycles. The number of rotatable bonds is 4. The number of benzene rings is 2. The molecule has 184 valence electrons. The number of urea groups is 1. The van der Waals surface area contributed by atoms with Crippen LogP contribution in [-0.2, 0) is 25.9 Å². The third-order valence-corrected chi connectivity index (χ3v) is 9.31. The summed E-state index contributed by atoms with van der Waals surface area (Å²) in [6.45, 7) is 0.913. The Kier molecular flexibility index (Phi) is 6.36. The van der Waals surface area contributed by atoms with Crippen molar-refractivity contribution in [2.75, 3.05) is 6.26 Å². The molecule has 2 aliphatic rings. The summed E-state index contributed by atoms with van der Waals surface area (Å²) in [4.78, 5) is 18.5. The molecule has 6 rings (SSSR count). The zero-order chi connectivity index (χ0) is 24.6. The molecule has 0 radical (unpaired) electrons. The number of amides is 2. The monoisotopic (exact) mass is 517 g/mol. The summed E-state index contributed by atoms with van der Waals surface area (Å²) in [5, 5.41) is 4.37. The highest BCUT2D eigenvalue weighted by Gasteiger charge is 2.36. The van der Waals surface area contributed by atoms with E-state index < -0.39 is 0 Å². The minimum atomic E-state index is -0.276. The zero-order valence-corrected chi connectivity index (χ0v) is 21.8. The predicted octanol–water partition coefficient (Wildman–Crippen LogP) is 7.09. The van der Waals surface area contributed by atoms with Crippen LogP contribution < -0.4 is 5.32 Å². The summed E-state index contributed by atoms with van der Waals surface area (Å²) >= 11 is 3.61. The van der Waals surface area contributed by atoms with Gasteiger partial charge in [0.2, 0.25) is 0 Å². The second kappa shape index (κ2) is 9.79. The van der Waals surface area contributed by atoms with Crippen LogP contribution in [0, 0.1) is 5.82 Å². The van der Waals surface area contributed by atoms with Gasteiger partial charge in [-0.1, -0.05) is 24.3 Å². The maximum absolute atomic E-state index is 13.9. The number of thiophene rings is 1. The van der Waals surface area contributed by atoms with Gasteiger partial charge >= 0.3 is 6.03 Å². The number of carbonyl (C=O) groups is 1. The van der Waals surface area contributed by atoms with E-state index in [9.17, 15) is 9.18 Å². The van der Waals surface area contributed by atoms with Crippen molar-refractivity contribution in [2.45, 2.75) is 49.7 Å². The number of halogens is 1. The van der Waals surface area contributed by atoms with E-state index in [4.69, 9.17) is 0 Å². The highest BCUT2D eigenvalue weighted by Crippen LogP contribution is 2.44. The molecule has 1 atom stereocenters. The normalized spacial score (nSPS) is 16.6. The van der Waals surface area contributed by atoms with E-state index in [-0.39, 0.29) is 17.9 Å². The van der Waals surface area contributed by atoms with E-state index >= 15 is 0 Å². The molecule has 3 heterocycles. The first-order chi connectivity index (χ1) is 17.6. The van der Waals surface area contributed by atoms with Crippen molar-refractivity contribution in [2.24, 2.45) is 0 Å². The number of hydrogen-bond acceptors (Lipinski definition) is 3. The van der Waals surface area contributed by atoms with Crippen LogP contribution in [0.15, 0.2) is 71.8 Å². The van der Waals surface area contributed by atoms with Crippen LogP contribution in [0.5, 0.6) is 0 Å². The molecule has 36 heavy (non-hydrogen) atoms. The van der Waals surface area contributed by atoms with Crippen molar-refractivity contribution in [1.82, 2.24) is 14.8 Å². The van der Waals surface area contributed by atoms with E-state index in [1.54, 1.807) is 23.9 Å². The molecule has 1 aliphatic heterocycles. The summed E-state index contributed by atoms with van der Waals surface area (Å²) in [5.41, 5.74) is 5.79. The van der Waals surface area contributed by atoms with Crippen LogP contribution in [-0.4, -0.2) is 21.8 Å². The van der Waals surface area contributed by atoms with E-state index in [2.05, 4.69) is 58.7 Å². The van der Waals surface area contributed by atoms with Crippen molar-refractivity contribution >= 4 is 29.1 Å². The van der Waals surface area contributed by atoms with Crippen LogP contribution in [0.1, 0.15) is 51.7 Å². The van der Waals surface area contributed by atoms with Crippen LogP contribution in [0.4, 0.5) is 9.18 Å². The first-order valence-corrected chi connectivity index (χ1v) is 14.4. The van der Waals surface area contributed by atoms with Crippen molar-refractivity contribution in [3.05, 3.63) is 106 Å². The van der Waals surface area contributed by atoms with Gasteiger partial charge in [0.25, 0.3) is 0 Å². The highest BCUT2D eigenvalue weighted by molar-refractivity contribution is 7.98. The zero-order valence-electron chi connectivity index (χ0n) is 20.2. The molecule has 0 saturated heterocycles. The Bertz CT molecular complexity index is 1390. The van der Waals surface area contributed by atoms with E-state index in [0.29, 0.717) is 13.1 Å². The van der Waals surface area contributed by atoms with Gasteiger partial charge in [-0.2, -0.15) is 0 Å². The lowest BCUT2D eigenvalue weighted by molar-refractivity contribution is 0.180. The van der Waals surface area contributed by atoms with Gasteiger partial charge in [-0.3, -0.25) is 0 Å². The van der Waals surface area contributed by atoms with E-state index in [0.717, 1.165) is 29.7 Å². The molecule has 0 unspecified atom stereocenters. The molecule has 4 aromatic rings. The number of carbonyl (C=O) groups excluding carboxylic acids is 1. The molecule has 2 aromatic carbocycles. The lowest BCUT2D eigenvalue weighted by atomic mass is 9.95. The van der Waals surface area contributed by atoms with Crippen molar-refractivity contribution < 1.29 is 9.18 Å². The molecular weight excluding hydrogens is 489 g/mol. The van der Waals surface area contributed by atoms with Crippen LogP contribution >= 0.6 is 23.1 Å². The Balaban J connectivity index is 1.42. The summed E-state index contributed by atoms with van der Waals surface area (Å²) in [6, 6.07) is 18.7. The fraction of sp³-hybridized carbons (Fsp3) is 0.276. The lowest BCUT2D eigenvalue weighted by Crippen LogP contribution is -2.41. The topological polar surface area (TPSA) is 37.3 Å². The molecule has 2 amide bonds. The van der Waals surface area contributed by atoms with Gasteiger partial charge in [0, 0.05) is 28.1 Å². The second-order valence-corrected chi connectivity index (χ2v) is 11.3. The predicted molar refractivity (Wildman–Crippen MR) is 145 cm³/mol. The summed E-state index contributed by atoms with van der Waals surface area (Å²) in [5.74, 6) is -0.276. The number of hydrogen-bond donors (Lipinski definition) is 1. The van der Waals surface area contributed by atoms with E-state index in [1.165, 1.54) is 50.9 Å². The van der Waals surface area contributed by atoms with Gasteiger partial charge in [0.05, 0.1) is 18.3 Å². The first-order valence-electron chi connectivity index (χ1n) is 12.4. The second-order valence-electron chi connectivity index (χ2n) is 9.39. The molecule has 0 fully saturated rings. The van der Waals surface area contributed by atoms with Gasteiger partial charge < -0.3 is 14.8 Å². The van der Waals surface area contributed by atoms with Crippen LogP contribution in [0.2, 0.25) is 0 Å². The van der Waals surface area contributed by atoms with Crippen molar-refractivity contribution in [1.29, 1.82) is 0 Å². The van der Waals surface area contributed by atoms with Gasteiger partial charge in [0.15, 0.2) is 0 Å². The van der Waals surface area contributed by atoms with Gasteiger partial charge in [-0.05, 0) is 85.0 Å². The lowest BCUT2D eigenvalue weighted by Gasteiger charge is -2.31. The SMILES string of the molecule is CSc1ccc([C@@H]2c3cccn3-c3sc4c(c3CN2C(=O)NCc2ccc(F)cc2)CCCC4)cc1. The minimum absolute atomic E-state index is 0.116. The number of aryl methyl sites for hydroxylation is 1. The molecule has 1 N–H and O–H groups in total. The minimum Gasteiger partial charge on any atom is -0.334 e. The standard InChI is InChI=1S/C29H28FN3OS2/c1-35-22-14-10-20(11-15-22)27-25-6-4-16-32(25)28-24(23-5-2-3-7-26(23)36-28)18-33(27)29(34)31-17-19-8-12-21(30)13-9-19/h4,6,8-16,27H,2-3,5,7,17-18H2,1H3,(H,31,34)/t27-/m1/s1. The average molecular weight is 518 g/mol. The molecule has 0 bridgehead atoms. The molecular formula is C29H28FN3OS2. The average Bonchev–Trinajstić information content (AvgIpc) is 3.50. The Morgan fingerprint density at radius 2 is 1.83 bits per heavy atom. The van der Waals surface area contributed by atoms with Crippen LogP contribution in [0.3, 0.4) is 0 Å². The highest BCUT2D eigenvalue weighted by atomic mass is 32.2. The quantitative estimate of drug-likeness (QED) is 0.293. The maximum Gasteiger partial charge on any atom is 0.318 e. The summed E-state index contributed by atoms with van der Waals surface area (Å²) in [7, 11) is 0. The summed E-state index contributed by atoms with van der Waals surface area (Å²) < 4.78 is 15.7. The Hall–Kier alpha value is -3.03. The Morgan fingerprint density at radius 3 is 2.61 bits per heavy atom. The number of nitrogens with one attached hydrogen (secondary N) is 1. The third-order valence-electron chi connectivity index (χ3n) is 7.23. The molecule has 1 aliphatic carbocycles. The third kappa shape index (κ3) is 4.24. The number of aromatic nitrogens is 1. The fourth-order valence-corrected chi connectivity index (χ4v) is 7.22. The smallest absolute Gasteiger partial charge is 0.318 e. The van der Waals surface area contributed by atoms with Crippen LogP contribution in [0.25, 0.3) is 5.00 Å². The van der Waals surface area contributed by atoms with Gasteiger partial charge in [-0.15, -0.1) is 23.1 Å². The largest absolute Gasteiger partial charge is 0.334 e. The molecule has 7 heteroatoms. The van der Waals surface area contributed by atoms with Gasteiger partial charge in [0.1, 0.15) is 10.8 Å². The fourth-order valence-electron chi connectivity index (χ4n) is 5.41. The Labute approximate surface area is 219 Å². The number of fused-ring (bicyclic) bond motifs is 5. The molecule has 0 spiro atoms. The summed E-state index contributed by atoms with van der Waals surface area (Å²) in [6.07, 6.45) is 8.85. The van der Waals surface area contributed by atoms with Gasteiger partial charge in [-0.25, -0.2) is 9.18 Å². The van der Waals surface area contributed by atoms with Crippen molar-refractivity contribution in [3.8, 4) is 5.00 Å². The van der Waals surface area contributed by atoms with Crippen molar-refractivity contribution in [3.63, 3.8) is 0 Å². The molecule has 4 nitrogen and oxygen atoms in total. The Morgan fingerprint density at radius 1 is 1.06 bits per heavy atom. The maximum atomic E-state index is 13.9. The first kappa shape index (κ1) is 23.4. The number of thioether (sulfide) groups is 1.